The van der Waals surface area contributed by atoms with Gasteiger partial charge >= 0.3 is 0 Å². The predicted octanol–water partition coefficient (Wildman–Crippen LogP) is 1.94. The van der Waals surface area contributed by atoms with Crippen LogP contribution >= 0.6 is 11.6 Å². The van der Waals surface area contributed by atoms with Crippen LogP contribution in [0.4, 0.5) is 0 Å². The third-order valence-electron chi connectivity index (χ3n) is 1.76. The van der Waals surface area contributed by atoms with Crippen molar-refractivity contribution in [3.05, 3.63) is 24.0 Å². The molecule has 3 nitrogen and oxygen atoms in total. The first-order valence-electron chi connectivity index (χ1n) is 4.26. The summed E-state index contributed by atoms with van der Waals surface area (Å²) < 4.78 is 0. The van der Waals surface area contributed by atoms with Gasteiger partial charge in [0.25, 0.3) is 0 Å². The molecule has 0 fully saturated rings. The lowest BCUT2D eigenvalue weighted by atomic mass is 10.2. The van der Waals surface area contributed by atoms with Gasteiger partial charge in [0.15, 0.2) is 5.65 Å². The van der Waals surface area contributed by atoms with Gasteiger partial charge in [-0.2, -0.15) is 5.10 Å². The summed E-state index contributed by atoms with van der Waals surface area (Å²) in [6.07, 6.45) is 2.39. The maximum atomic E-state index is 5.52. The lowest BCUT2D eigenvalue weighted by Crippen LogP contribution is -1.75. The van der Waals surface area contributed by atoms with Crippen molar-refractivity contribution in [1.29, 1.82) is 0 Å². The van der Waals surface area contributed by atoms with E-state index in [9.17, 15) is 0 Å². The second-order valence-electron chi connectivity index (χ2n) is 2.71. The number of aromatic amines is 1. The average molecular weight is 206 g/mol. The fourth-order valence-electron chi connectivity index (χ4n) is 1.14. The van der Waals surface area contributed by atoms with Gasteiger partial charge in [-0.15, -0.1) is 11.6 Å². The summed E-state index contributed by atoms with van der Waals surface area (Å²) in [6, 6.07) is 3.81. The maximum Gasteiger partial charge on any atom is 0.182 e. The summed E-state index contributed by atoms with van der Waals surface area (Å²) in [7, 11) is 0. The predicted molar refractivity (Wildman–Crippen MR) is 56.1 cm³/mol. The zero-order valence-corrected chi connectivity index (χ0v) is 8.17. The number of alkyl halides is 1. The Morgan fingerprint density at radius 3 is 3.29 bits per heavy atom. The Morgan fingerprint density at radius 2 is 2.43 bits per heavy atom. The molecule has 4 heteroatoms. The second-order valence-corrected chi connectivity index (χ2v) is 3.09. The number of halogens is 1. The van der Waals surface area contributed by atoms with Gasteiger partial charge < -0.3 is 0 Å². The fraction of sp³-hybridized carbons (Fsp3) is 0.200. The van der Waals surface area contributed by atoms with E-state index in [2.05, 4.69) is 27.0 Å². The van der Waals surface area contributed by atoms with Crippen LogP contribution in [0.1, 0.15) is 12.1 Å². The normalized spacial score (nSPS) is 9.79. The van der Waals surface area contributed by atoms with Gasteiger partial charge in [0.05, 0.1) is 5.39 Å². The molecule has 0 saturated carbocycles. The van der Waals surface area contributed by atoms with Crippen LogP contribution in [0.25, 0.3) is 11.0 Å². The Morgan fingerprint density at radius 1 is 1.50 bits per heavy atom. The van der Waals surface area contributed by atoms with Gasteiger partial charge in [0, 0.05) is 18.5 Å². The van der Waals surface area contributed by atoms with E-state index in [-0.39, 0.29) is 0 Å². The molecule has 0 aromatic carbocycles. The lowest BCUT2D eigenvalue weighted by Gasteiger charge is -1.84. The molecule has 0 spiro atoms. The Balaban J connectivity index is 2.40. The van der Waals surface area contributed by atoms with E-state index in [4.69, 9.17) is 11.6 Å². The number of H-pyrrole nitrogens is 1. The zero-order valence-electron chi connectivity index (χ0n) is 7.42. The Hall–Kier alpha value is -1.53. The van der Waals surface area contributed by atoms with Crippen molar-refractivity contribution in [2.45, 2.75) is 6.42 Å². The molecule has 0 aliphatic heterocycles. The molecule has 2 heterocycles. The first kappa shape index (κ1) is 9.04. The zero-order chi connectivity index (χ0) is 9.80. The Bertz CT molecular complexity index is 493. The molecular formula is C10H8ClN3. The van der Waals surface area contributed by atoms with Crippen LogP contribution in [0.2, 0.25) is 0 Å². The molecule has 0 atom stereocenters. The van der Waals surface area contributed by atoms with E-state index in [1.807, 2.05) is 12.1 Å². The molecule has 1 N–H and O–H groups in total. The van der Waals surface area contributed by atoms with Gasteiger partial charge in [-0.25, -0.2) is 4.98 Å². The molecule has 14 heavy (non-hydrogen) atoms. The highest BCUT2D eigenvalue weighted by molar-refractivity contribution is 6.18. The van der Waals surface area contributed by atoms with Crippen LogP contribution in [-0.2, 0) is 0 Å². The van der Waals surface area contributed by atoms with E-state index in [1.165, 1.54) is 0 Å². The monoisotopic (exact) mass is 205 g/mol. The highest BCUT2D eigenvalue weighted by Crippen LogP contribution is 2.10. The summed E-state index contributed by atoms with van der Waals surface area (Å²) in [4.78, 5) is 4.09. The molecule has 2 aromatic rings. The maximum absolute atomic E-state index is 5.52. The lowest BCUT2D eigenvalue weighted by molar-refractivity contribution is 1.08. The van der Waals surface area contributed by atoms with Crippen molar-refractivity contribution in [3.8, 4) is 11.8 Å². The van der Waals surface area contributed by atoms with Crippen LogP contribution < -0.4 is 0 Å². The minimum Gasteiger partial charge on any atom is -0.267 e. The Labute approximate surface area is 86.5 Å². The van der Waals surface area contributed by atoms with E-state index >= 15 is 0 Å². The van der Waals surface area contributed by atoms with Crippen LogP contribution in [-0.4, -0.2) is 21.1 Å². The molecule has 2 aromatic heterocycles. The van der Waals surface area contributed by atoms with Crippen LogP contribution in [0, 0.1) is 11.8 Å². The molecular weight excluding hydrogens is 198 g/mol. The van der Waals surface area contributed by atoms with Crippen molar-refractivity contribution in [3.63, 3.8) is 0 Å². The summed E-state index contributed by atoms with van der Waals surface area (Å²) in [5.41, 5.74) is 1.50. The summed E-state index contributed by atoms with van der Waals surface area (Å²) >= 11 is 5.52. The van der Waals surface area contributed by atoms with Crippen molar-refractivity contribution in [2.75, 3.05) is 5.88 Å². The molecule has 0 unspecified atom stereocenters. The van der Waals surface area contributed by atoms with Gasteiger partial charge in [-0.1, -0.05) is 5.92 Å². The second kappa shape index (κ2) is 4.12. The number of nitrogens with one attached hydrogen (secondary N) is 1. The van der Waals surface area contributed by atoms with Gasteiger partial charge in [-0.05, 0) is 18.1 Å². The highest BCUT2D eigenvalue weighted by atomic mass is 35.5. The molecule has 0 aliphatic rings. The molecule has 0 amide bonds. The van der Waals surface area contributed by atoms with Gasteiger partial charge in [0.1, 0.15) is 5.69 Å². The van der Waals surface area contributed by atoms with Crippen molar-refractivity contribution >= 4 is 22.6 Å². The van der Waals surface area contributed by atoms with E-state index in [0.717, 1.165) is 11.1 Å². The van der Waals surface area contributed by atoms with E-state index in [0.29, 0.717) is 17.9 Å². The van der Waals surface area contributed by atoms with Crippen LogP contribution in [0.3, 0.4) is 0 Å². The van der Waals surface area contributed by atoms with E-state index < -0.39 is 0 Å². The Kier molecular flexibility index (Phi) is 2.66. The standard InChI is InChI=1S/C10H8ClN3/c11-6-2-1-5-9-8-4-3-7-12-10(8)14-13-9/h3-4,7H,2,6H2,(H,12,13,14). The molecule has 0 aliphatic carbocycles. The number of pyridine rings is 1. The summed E-state index contributed by atoms with van der Waals surface area (Å²) in [5.74, 6) is 6.48. The van der Waals surface area contributed by atoms with Gasteiger partial charge in [-0.3, -0.25) is 5.10 Å². The SMILES string of the molecule is ClCCC#Cc1[nH]nc2ncccc12. The smallest absolute Gasteiger partial charge is 0.182 e. The average Bonchev–Trinajstić information content (AvgIpc) is 2.63. The first-order valence-corrected chi connectivity index (χ1v) is 4.79. The quantitative estimate of drug-likeness (QED) is 0.571. The molecule has 0 saturated heterocycles. The number of rotatable bonds is 1. The van der Waals surface area contributed by atoms with Crippen molar-refractivity contribution in [1.82, 2.24) is 15.2 Å². The summed E-state index contributed by atoms with van der Waals surface area (Å²) in [6.45, 7) is 0. The number of fused-ring (bicyclic) bond motifs is 1. The molecule has 0 bridgehead atoms. The third kappa shape index (κ3) is 1.70. The highest BCUT2D eigenvalue weighted by Gasteiger charge is 2.01. The number of nitrogens with zero attached hydrogens (tertiary/aromatic N) is 2. The molecule has 0 radical (unpaired) electrons. The number of hydrogen-bond acceptors (Lipinski definition) is 2. The minimum atomic E-state index is 0.553. The van der Waals surface area contributed by atoms with Crippen LogP contribution in [0.5, 0.6) is 0 Å². The molecule has 2 rings (SSSR count). The van der Waals surface area contributed by atoms with Crippen LogP contribution in [0.15, 0.2) is 18.3 Å². The fourth-order valence-corrected chi connectivity index (χ4v) is 1.24. The number of aromatic nitrogens is 3. The first-order chi connectivity index (χ1) is 6.92. The van der Waals surface area contributed by atoms with Crippen molar-refractivity contribution in [2.24, 2.45) is 0 Å². The third-order valence-corrected chi connectivity index (χ3v) is 1.95. The minimum absolute atomic E-state index is 0.553. The topological polar surface area (TPSA) is 41.6 Å². The van der Waals surface area contributed by atoms with Gasteiger partial charge in [0.2, 0.25) is 0 Å². The number of hydrogen-bond donors (Lipinski definition) is 1. The molecule has 70 valence electrons. The largest absolute Gasteiger partial charge is 0.267 e. The summed E-state index contributed by atoms with van der Waals surface area (Å²) in [5, 5.41) is 7.82. The van der Waals surface area contributed by atoms with E-state index in [1.54, 1.807) is 6.20 Å². The van der Waals surface area contributed by atoms with Crippen molar-refractivity contribution < 1.29 is 0 Å².